The van der Waals surface area contributed by atoms with E-state index in [9.17, 15) is 13.2 Å². The average molecular weight is 212 g/mol. The Morgan fingerprint density at radius 2 is 1.54 bits per heavy atom. The van der Waals surface area contributed by atoms with Crippen LogP contribution in [0.1, 0.15) is 18.5 Å². The van der Waals surface area contributed by atoms with Crippen LogP contribution in [0.25, 0.3) is 0 Å². The van der Waals surface area contributed by atoms with Gasteiger partial charge in [0.15, 0.2) is 11.6 Å². The maximum Gasteiger partial charge on any atom is 0.161 e. The summed E-state index contributed by atoms with van der Waals surface area (Å²) in [7, 11) is 0. The molecule has 2 N–H and O–H groups in total. The molecule has 0 saturated heterocycles. The van der Waals surface area contributed by atoms with Gasteiger partial charge < -0.3 is 5.73 Å². The first-order valence-electron chi connectivity index (χ1n) is 3.42. The molecule has 0 amide bonds. The molecule has 0 saturated carbocycles. The fourth-order valence-corrected chi connectivity index (χ4v) is 0.887. The number of benzene rings is 1. The topological polar surface area (TPSA) is 26.0 Å². The molecule has 1 aromatic rings. The molecular formula is C8H9ClF3N. The Morgan fingerprint density at radius 3 is 2.00 bits per heavy atom. The van der Waals surface area contributed by atoms with E-state index in [1.165, 1.54) is 6.92 Å². The van der Waals surface area contributed by atoms with Crippen molar-refractivity contribution in [1.82, 2.24) is 0 Å². The van der Waals surface area contributed by atoms with E-state index in [0.29, 0.717) is 6.07 Å². The van der Waals surface area contributed by atoms with Crippen LogP contribution in [0.3, 0.4) is 0 Å². The van der Waals surface area contributed by atoms with Gasteiger partial charge in [-0.25, -0.2) is 13.2 Å². The number of hydrogen-bond acceptors (Lipinski definition) is 1. The van der Waals surface area contributed by atoms with Crippen LogP contribution < -0.4 is 5.73 Å². The Kier molecular flexibility index (Phi) is 4.23. The van der Waals surface area contributed by atoms with Crippen molar-refractivity contribution in [3.8, 4) is 0 Å². The van der Waals surface area contributed by atoms with Gasteiger partial charge in [-0.3, -0.25) is 0 Å². The minimum absolute atomic E-state index is 0. The molecule has 0 spiro atoms. The van der Waals surface area contributed by atoms with Crippen LogP contribution in [0, 0.1) is 17.5 Å². The fraction of sp³-hybridized carbons (Fsp3) is 0.250. The minimum Gasteiger partial charge on any atom is -0.324 e. The molecule has 1 atom stereocenters. The van der Waals surface area contributed by atoms with Crippen molar-refractivity contribution in [2.24, 2.45) is 5.73 Å². The van der Waals surface area contributed by atoms with Crippen LogP contribution in [0.2, 0.25) is 0 Å². The molecule has 0 aliphatic carbocycles. The summed E-state index contributed by atoms with van der Waals surface area (Å²) in [6.07, 6.45) is 0. The predicted octanol–water partition coefficient (Wildman–Crippen LogP) is 2.55. The molecule has 0 fully saturated rings. The average Bonchev–Trinajstić information content (AvgIpc) is 1.96. The van der Waals surface area contributed by atoms with E-state index in [0.717, 1.165) is 6.07 Å². The van der Waals surface area contributed by atoms with Gasteiger partial charge in [0.05, 0.1) is 0 Å². The van der Waals surface area contributed by atoms with E-state index in [-0.39, 0.29) is 18.0 Å². The zero-order valence-electron chi connectivity index (χ0n) is 6.85. The van der Waals surface area contributed by atoms with E-state index in [1.807, 2.05) is 0 Å². The van der Waals surface area contributed by atoms with Crippen LogP contribution in [0.15, 0.2) is 12.1 Å². The molecule has 13 heavy (non-hydrogen) atoms. The molecule has 0 aromatic heterocycles. The van der Waals surface area contributed by atoms with Crippen LogP contribution in [-0.4, -0.2) is 0 Å². The highest BCUT2D eigenvalue weighted by atomic mass is 35.5. The lowest BCUT2D eigenvalue weighted by molar-refractivity contribution is 0.486. The molecule has 1 rings (SSSR count). The summed E-state index contributed by atoms with van der Waals surface area (Å²) in [4.78, 5) is 0. The number of hydrogen-bond donors (Lipinski definition) is 1. The summed E-state index contributed by atoms with van der Waals surface area (Å²) >= 11 is 0. The molecule has 1 nitrogen and oxygen atoms in total. The third-order valence-electron chi connectivity index (χ3n) is 1.53. The molecule has 5 heteroatoms. The minimum atomic E-state index is -1.20. The molecule has 0 radical (unpaired) electrons. The lowest BCUT2D eigenvalue weighted by atomic mass is 10.1. The molecule has 0 heterocycles. The van der Waals surface area contributed by atoms with E-state index in [4.69, 9.17) is 5.73 Å². The molecule has 0 aliphatic heterocycles. The number of rotatable bonds is 1. The third-order valence-corrected chi connectivity index (χ3v) is 1.53. The maximum atomic E-state index is 12.8. The Morgan fingerprint density at radius 1 is 1.08 bits per heavy atom. The first-order chi connectivity index (χ1) is 5.52. The van der Waals surface area contributed by atoms with Crippen molar-refractivity contribution in [3.63, 3.8) is 0 Å². The number of nitrogens with two attached hydrogens (primary N) is 1. The van der Waals surface area contributed by atoms with Gasteiger partial charge in [0.25, 0.3) is 0 Å². The number of halogens is 4. The highest BCUT2D eigenvalue weighted by Crippen LogP contribution is 2.18. The Bertz CT molecular complexity index is 302. The molecule has 74 valence electrons. The van der Waals surface area contributed by atoms with Crippen molar-refractivity contribution in [1.29, 1.82) is 0 Å². The lowest BCUT2D eigenvalue weighted by Crippen LogP contribution is -2.08. The van der Waals surface area contributed by atoms with Crippen molar-refractivity contribution in [3.05, 3.63) is 35.1 Å². The summed E-state index contributed by atoms with van der Waals surface area (Å²) in [6, 6.07) is 0.628. The molecule has 0 aliphatic rings. The Labute approximate surface area is 80.2 Å². The van der Waals surface area contributed by atoms with Gasteiger partial charge in [-0.2, -0.15) is 0 Å². The zero-order valence-corrected chi connectivity index (χ0v) is 7.67. The molecule has 1 unspecified atom stereocenters. The fourth-order valence-electron chi connectivity index (χ4n) is 0.887. The van der Waals surface area contributed by atoms with Crippen molar-refractivity contribution < 1.29 is 13.2 Å². The van der Waals surface area contributed by atoms with Crippen LogP contribution in [0.4, 0.5) is 13.2 Å². The van der Waals surface area contributed by atoms with Gasteiger partial charge in [-0.1, -0.05) is 0 Å². The SMILES string of the molecule is CC(N)c1cc(F)c(F)cc1F.Cl. The van der Waals surface area contributed by atoms with Gasteiger partial charge >= 0.3 is 0 Å². The summed E-state index contributed by atoms with van der Waals surface area (Å²) < 4.78 is 37.7. The van der Waals surface area contributed by atoms with E-state index in [2.05, 4.69) is 0 Å². The standard InChI is InChI=1S/C8H8F3N.ClH/c1-4(12)5-2-7(10)8(11)3-6(5)9;/h2-4H,12H2,1H3;1H. The first-order valence-corrected chi connectivity index (χ1v) is 3.42. The van der Waals surface area contributed by atoms with E-state index < -0.39 is 23.5 Å². The molecular weight excluding hydrogens is 203 g/mol. The normalized spacial score (nSPS) is 12.1. The van der Waals surface area contributed by atoms with Gasteiger partial charge in [-0.15, -0.1) is 12.4 Å². The lowest BCUT2D eigenvalue weighted by Gasteiger charge is -2.06. The van der Waals surface area contributed by atoms with Crippen molar-refractivity contribution >= 4 is 12.4 Å². The second-order valence-corrected chi connectivity index (χ2v) is 2.58. The third kappa shape index (κ3) is 2.60. The zero-order chi connectivity index (χ0) is 9.30. The Balaban J connectivity index is 0.00000144. The van der Waals surface area contributed by atoms with Crippen LogP contribution >= 0.6 is 12.4 Å². The maximum absolute atomic E-state index is 12.8. The highest BCUT2D eigenvalue weighted by molar-refractivity contribution is 5.85. The largest absolute Gasteiger partial charge is 0.324 e. The summed E-state index contributed by atoms with van der Waals surface area (Å²) in [5.74, 6) is -3.09. The van der Waals surface area contributed by atoms with Gasteiger partial charge in [-0.05, 0) is 13.0 Å². The summed E-state index contributed by atoms with van der Waals surface area (Å²) in [5.41, 5.74) is 5.28. The van der Waals surface area contributed by atoms with Crippen LogP contribution in [-0.2, 0) is 0 Å². The van der Waals surface area contributed by atoms with Crippen LogP contribution in [0.5, 0.6) is 0 Å². The predicted molar refractivity (Wildman–Crippen MR) is 46.2 cm³/mol. The van der Waals surface area contributed by atoms with E-state index in [1.54, 1.807) is 0 Å². The van der Waals surface area contributed by atoms with Gasteiger partial charge in [0.1, 0.15) is 5.82 Å². The molecule has 0 bridgehead atoms. The van der Waals surface area contributed by atoms with E-state index >= 15 is 0 Å². The second kappa shape index (κ2) is 4.48. The summed E-state index contributed by atoms with van der Waals surface area (Å²) in [6.45, 7) is 1.50. The Hall–Kier alpha value is -0.740. The molecule has 1 aromatic carbocycles. The van der Waals surface area contributed by atoms with Gasteiger partial charge in [0, 0.05) is 17.7 Å². The monoisotopic (exact) mass is 211 g/mol. The van der Waals surface area contributed by atoms with Crippen molar-refractivity contribution in [2.45, 2.75) is 13.0 Å². The quantitative estimate of drug-likeness (QED) is 0.710. The smallest absolute Gasteiger partial charge is 0.161 e. The highest BCUT2D eigenvalue weighted by Gasteiger charge is 2.11. The first kappa shape index (κ1) is 12.3. The van der Waals surface area contributed by atoms with Gasteiger partial charge in [0.2, 0.25) is 0 Å². The summed E-state index contributed by atoms with van der Waals surface area (Å²) in [5, 5.41) is 0. The van der Waals surface area contributed by atoms with Crippen molar-refractivity contribution in [2.75, 3.05) is 0 Å². The second-order valence-electron chi connectivity index (χ2n) is 2.58.